The van der Waals surface area contributed by atoms with E-state index in [2.05, 4.69) is 105 Å². The molecule has 0 saturated carbocycles. The summed E-state index contributed by atoms with van der Waals surface area (Å²) in [5, 5.41) is 3.56. The third-order valence-electron chi connectivity index (χ3n) is 5.39. The summed E-state index contributed by atoms with van der Waals surface area (Å²) in [4.78, 5) is 0. The standard InChI is InChI=1S/C27H32N2/c1-6-13-23(14-7-2)29-21(5)25(24-16-10-12-18-27(24)29)19-22(8-3)28-26-17-11-9-15-20(26)4/h6,8-9,11-15,17-19,28H,3,7,10,16H2,1-2,4-5H3/b13-6-,22-19+,23-14+. The Morgan fingerprint density at radius 1 is 1.24 bits per heavy atom. The molecule has 1 aliphatic carbocycles. The van der Waals surface area contributed by atoms with Crippen LogP contribution in [0.15, 0.2) is 66.9 Å². The maximum atomic E-state index is 4.05. The molecule has 0 radical (unpaired) electrons. The maximum Gasteiger partial charge on any atom is 0.0493 e. The quantitative estimate of drug-likeness (QED) is 0.488. The molecule has 150 valence electrons. The summed E-state index contributed by atoms with van der Waals surface area (Å²) in [6.07, 6.45) is 18.5. The smallest absolute Gasteiger partial charge is 0.0493 e. The summed E-state index contributed by atoms with van der Waals surface area (Å²) in [5.41, 5.74) is 9.88. The van der Waals surface area contributed by atoms with Crippen LogP contribution >= 0.6 is 0 Å². The molecular formula is C27H32N2. The van der Waals surface area contributed by atoms with Crippen molar-refractivity contribution in [2.24, 2.45) is 0 Å². The number of nitrogens with one attached hydrogen (secondary N) is 1. The van der Waals surface area contributed by atoms with E-state index in [-0.39, 0.29) is 0 Å². The van der Waals surface area contributed by atoms with E-state index in [4.69, 9.17) is 0 Å². The number of rotatable bonds is 7. The first-order chi connectivity index (χ1) is 14.1. The number of hydrogen-bond acceptors (Lipinski definition) is 1. The molecule has 3 rings (SSSR count). The lowest BCUT2D eigenvalue weighted by molar-refractivity contribution is 0.957. The molecule has 1 aliphatic rings. The van der Waals surface area contributed by atoms with Crippen LogP contribution < -0.4 is 5.32 Å². The van der Waals surface area contributed by atoms with Crippen molar-refractivity contribution >= 4 is 23.5 Å². The van der Waals surface area contributed by atoms with Gasteiger partial charge in [-0.05, 0) is 81.5 Å². The molecule has 0 saturated heterocycles. The van der Waals surface area contributed by atoms with Crippen molar-refractivity contribution in [1.29, 1.82) is 0 Å². The van der Waals surface area contributed by atoms with E-state index in [1.165, 1.54) is 33.8 Å². The largest absolute Gasteiger partial charge is 0.355 e. The third kappa shape index (κ3) is 4.37. The second kappa shape index (κ2) is 9.47. The van der Waals surface area contributed by atoms with Crippen molar-refractivity contribution in [3.8, 4) is 0 Å². The van der Waals surface area contributed by atoms with Gasteiger partial charge in [0.15, 0.2) is 0 Å². The molecule has 1 aromatic heterocycles. The predicted molar refractivity (Wildman–Crippen MR) is 129 cm³/mol. The molecule has 1 aromatic carbocycles. The monoisotopic (exact) mass is 384 g/mol. The Labute approximate surface area is 175 Å². The molecule has 1 N–H and O–H groups in total. The minimum absolute atomic E-state index is 1.01. The average molecular weight is 385 g/mol. The number of aryl methyl sites for hydroxylation is 1. The van der Waals surface area contributed by atoms with Gasteiger partial charge in [0.05, 0.1) is 0 Å². The van der Waals surface area contributed by atoms with Crippen LogP contribution in [0.5, 0.6) is 0 Å². The minimum Gasteiger partial charge on any atom is -0.355 e. The Morgan fingerprint density at radius 3 is 2.72 bits per heavy atom. The van der Waals surface area contributed by atoms with Crippen LogP contribution in [-0.4, -0.2) is 4.57 Å². The maximum absolute atomic E-state index is 4.05. The van der Waals surface area contributed by atoms with Gasteiger partial charge < -0.3 is 9.88 Å². The number of fused-ring (bicyclic) bond motifs is 1. The number of allylic oxidation sites excluding steroid dienone is 6. The molecule has 2 nitrogen and oxygen atoms in total. The molecule has 0 aliphatic heterocycles. The second-order valence-corrected chi connectivity index (χ2v) is 7.42. The van der Waals surface area contributed by atoms with Crippen LogP contribution in [0.3, 0.4) is 0 Å². The molecule has 0 unspecified atom stereocenters. The lowest BCUT2D eigenvalue weighted by Crippen LogP contribution is -2.02. The lowest BCUT2D eigenvalue weighted by atomic mass is 9.98. The van der Waals surface area contributed by atoms with Gasteiger partial charge in [-0.1, -0.05) is 49.9 Å². The summed E-state index contributed by atoms with van der Waals surface area (Å²) >= 11 is 0. The Hall–Kier alpha value is -3.00. The fourth-order valence-electron chi connectivity index (χ4n) is 3.96. The van der Waals surface area contributed by atoms with Gasteiger partial charge in [-0.25, -0.2) is 0 Å². The van der Waals surface area contributed by atoms with E-state index in [1.54, 1.807) is 0 Å². The third-order valence-corrected chi connectivity index (χ3v) is 5.39. The van der Waals surface area contributed by atoms with Crippen molar-refractivity contribution < 1.29 is 0 Å². The first-order valence-corrected chi connectivity index (χ1v) is 10.5. The topological polar surface area (TPSA) is 17.0 Å². The van der Waals surface area contributed by atoms with Gasteiger partial charge in [-0.2, -0.15) is 0 Å². The minimum atomic E-state index is 1.01. The van der Waals surface area contributed by atoms with Crippen molar-refractivity contribution in [2.75, 3.05) is 5.32 Å². The first kappa shape index (κ1) is 20.7. The van der Waals surface area contributed by atoms with E-state index in [1.807, 2.05) is 6.08 Å². The zero-order valence-corrected chi connectivity index (χ0v) is 18.1. The predicted octanol–water partition coefficient (Wildman–Crippen LogP) is 7.53. The summed E-state index contributed by atoms with van der Waals surface area (Å²) in [6.45, 7) is 12.7. The van der Waals surface area contributed by atoms with Gasteiger partial charge in [0, 0.05) is 34.0 Å². The van der Waals surface area contributed by atoms with E-state index >= 15 is 0 Å². The van der Waals surface area contributed by atoms with Gasteiger partial charge in [0.2, 0.25) is 0 Å². The average Bonchev–Trinajstić information content (AvgIpc) is 3.00. The highest BCUT2D eigenvalue weighted by Crippen LogP contribution is 2.33. The Bertz CT molecular complexity index is 1010. The zero-order valence-electron chi connectivity index (χ0n) is 18.1. The number of nitrogens with zero attached hydrogens (tertiary/aromatic N) is 1. The van der Waals surface area contributed by atoms with Crippen molar-refractivity contribution in [3.05, 3.63) is 95.0 Å². The number of hydrogen-bond donors (Lipinski definition) is 1. The van der Waals surface area contributed by atoms with Crippen molar-refractivity contribution in [1.82, 2.24) is 4.57 Å². The van der Waals surface area contributed by atoms with Gasteiger partial charge in [-0.3, -0.25) is 0 Å². The van der Waals surface area contributed by atoms with Crippen molar-refractivity contribution in [2.45, 2.75) is 47.0 Å². The Morgan fingerprint density at radius 2 is 2.03 bits per heavy atom. The SMILES string of the molecule is C=C/C(=C\c1c2c(n(C(/C=C\C)=C/CC)c1C)C=CCC2)Nc1ccccc1C. The van der Waals surface area contributed by atoms with Crippen molar-refractivity contribution in [3.63, 3.8) is 0 Å². The highest BCUT2D eigenvalue weighted by atomic mass is 15.0. The van der Waals surface area contributed by atoms with Crippen LogP contribution in [0, 0.1) is 13.8 Å². The highest BCUT2D eigenvalue weighted by molar-refractivity contribution is 5.76. The molecule has 2 heteroatoms. The van der Waals surface area contributed by atoms with Crippen LogP contribution in [0.4, 0.5) is 5.69 Å². The van der Waals surface area contributed by atoms with Gasteiger partial charge in [-0.15, -0.1) is 0 Å². The van der Waals surface area contributed by atoms with Gasteiger partial charge in [0.1, 0.15) is 0 Å². The summed E-state index contributed by atoms with van der Waals surface area (Å²) in [7, 11) is 0. The van der Waals surface area contributed by atoms with Crippen LogP contribution in [0.25, 0.3) is 17.8 Å². The van der Waals surface area contributed by atoms with E-state index in [0.29, 0.717) is 0 Å². The number of anilines is 1. The fraction of sp³-hybridized carbons (Fsp3) is 0.259. The van der Waals surface area contributed by atoms with E-state index in [9.17, 15) is 0 Å². The molecule has 0 spiro atoms. The Kier molecular flexibility index (Phi) is 6.77. The molecule has 0 atom stereocenters. The molecule has 29 heavy (non-hydrogen) atoms. The molecule has 0 amide bonds. The normalized spacial score (nSPS) is 14.3. The Balaban J connectivity index is 2.13. The van der Waals surface area contributed by atoms with Gasteiger partial charge >= 0.3 is 0 Å². The molecule has 0 fully saturated rings. The highest BCUT2D eigenvalue weighted by Gasteiger charge is 2.20. The summed E-state index contributed by atoms with van der Waals surface area (Å²) in [6, 6.07) is 8.35. The van der Waals surface area contributed by atoms with Crippen LogP contribution in [0.1, 0.15) is 54.8 Å². The van der Waals surface area contributed by atoms with E-state index in [0.717, 1.165) is 30.6 Å². The van der Waals surface area contributed by atoms with Crippen LogP contribution in [-0.2, 0) is 6.42 Å². The summed E-state index contributed by atoms with van der Waals surface area (Å²) < 4.78 is 2.40. The van der Waals surface area contributed by atoms with Crippen LogP contribution in [0.2, 0.25) is 0 Å². The first-order valence-electron chi connectivity index (χ1n) is 10.5. The molecular weight excluding hydrogens is 352 g/mol. The second-order valence-electron chi connectivity index (χ2n) is 7.42. The number of para-hydroxylation sites is 1. The fourth-order valence-corrected chi connectivity index (χ4v) is 3.96. The lowest BCUT2D eigenvalue weighted by Gasteiger charge is -2.13. The zero-order chi connectivity index (χ0) is 20.8. The molecule has 1 heterocycles. The number of aromatic nitrogens is 1. The van der Waals surface area contributed by atoms with E-state index < -0.39 is 0 Å². The molecule has 0 bridgehead atoms. The van der Waals surface area contributed by atoms with Gasteiger partial charge in [0.25, 0.3) is 0 Å². The molecule has 2 aromatic rings. The number of benzene rings is 1. The summed E-state index contributed by atoms with van der Waals surface area (Å²) in [5.74, 6) is 0.